The van der Waals surface area contributed by atoms with Gasteiger partial charge in [0.25, 0.3) is 0 Å². The molecule has 1 rings (SSSR count). The van der Waals surface area contributed by atoms with Gasteiger partial charge in [0, 0.05) is 5.56 Å². The quantitative estimate of drug-likeness (QED) is 0.748. The molecule has 0 amide bonds. The molecule has 0 aliphatic heterocycles. The van der Waals surface area contributed by atoms with Crippen LogP contribution in [0.3, 0.4) is 0 Å². The molecule has 0 heterocycles. The highest BCUT2D eigenvalue weighted by Crippen LogP contribution is 2.34. The van der Waals surface area contributed by atoms with Gasteiger partial charge in [-0.15, -0.1) is 6.58 Å². The summed E-state index contributed by atoms with van der Waals surface area (Å²) < 4.78 is 5.31. The molecule has 0 aliphatic rings. The molecule has 0 radical (unpaired) electrons. The van der Waals surface area contributed by atoms with Crippen molar-refractivity contribution in [3.8, 4) is 11.5 Å². The lowest BCUT2D eigenvalue weighted by atomic mass is 9.93. The van der Waals surface area contributed by atoms with E-state index in [-0.39, 0.29) is 0 Å². The molecule has 0 bridgehead atoms. The number of aryl methyl sites for hydroxylation is 1. The van der Waals surface area contributed by atoms with Crippen LogP contribution in [0.5, 0.6) is 11.5 Å². The molecule has 0 spiro atoms. The average Bonchev–Trinajstić information content (AvgIpc) is 2.28. The molecule has 1 N–H and O–H groups in total. The van der Waals surface area contributed by atoms with Gasteiger partial charge in [0.15, 0.2) is 0 Å². The molecule has 2 nitrogen and oxygen atoms in total. The normalized spacial score (nSPS) is 12.2. The van der Waals surface area contributed by atoms with Crippen LogP contribution in [0.4, 0.5) is 0 Å². The predicted octanol–water partition coefficient (Wildman–Crippen LogP) is 4.56. The van der Waals surface area contributed by atoms with Gasteiger partial charge < -0.3 is 9.84 Å². The van der Waals surface area contributed by atoms with Crippen molar-refractivity contribution in [1.82, 2.24) is 0 Å². The lowest BCUT2D eigenvalue weighted by Gasteiger charge is -2.16. The summed E-state index contributed by atoms with van der Waals surface area (Å²) in [6, 6.07) is 3.74. The zero-order valence-corrected chi connectivity index (χ0v) is 11.9. The Kier molecular flexibility index (Phi) is 5.26. The summed E-state index contributed by atoms with van der Waals surface area (Å²) in [6.45, 7) is 10.0. The maximum atomic E-state index is 10.0. The van der Waals surface area contributed by atoms with Crippen LogP contribution in [0.2, 0.25) is 0 Å². The van der Waals surface area contributed by atoms with Gasteiger partial charge in [-0.2, -0.15) is 0 Å². The van der Waals surface area contributed by atoms with Gasteiger partial charge in [-0.1, -0.05) is 12.5 Å². The molecule has 1 unspecified atom stereocenters. The monoisotopic (exact) mass is 248 g/mol. The van der Waals surface area contributed by atoms with Crippen molar-refractivity contribution in [3.63, 3.8) is 0 Å². The highest BCUT2D eigenvalue weighted by atomic mass is 16.5. The van der Waals surface area contributed by atoms with E-state index < -0.39 is 0 Å². The third-order valence-electron chi connectivity index (χ3n) is 3.32. The Balaban J connectivity index is 2.78. The van der Waals surface area contributed by atoms with Gasteiger partial charge in [0.2, 0.25) is 0 Å². The molecule has 1 aromatic rings. The zero-order valence-electron chi connectivity index (χ0n) is 11.9. The van der Waals surface area contributed by atoms with Crippen LogP contribution >= 0.6 is 0 Å². The Bertz CT molecular complexity index is 421. The smallest absolute Gasteiger partial charge is 0.122 e. The van der Waals surface area contributed by atoms with E-state index >= 15 is 0 Å². The average molecular weight is 248 g/mol. The minimum Gasteiger partial charge on any atom is -0.508 e. The second kappa shape index (κ2) is 6.48. The highest BCUT2D eigenvalue weighted by Gasteiger charge is 2.13. The molecule has 1 aromatic carbocycles. The second-order valence-electron chi connectivity index (χ2n) is 5.13. The SMILES string of the molecule is C=C(C)CCCC(C)c1cc(OC)c(C)cc1O. The summed E-state index contributed by atoms with van der Waals surface area (Å²) in [5.41, 5.74) is 3.15. The Morgan fingerprint density at radius 1 is 1.44 bits per heavy atom. The van der Waals surface area contributed by atoms with E-state index in [1.54, 1.807) is 13.2 Å². The lowest BCUT2D eigenvalue weighted by molar-refractivity contribution is 0.405. The number of aromatic hydroxyl groups is 1. The Hall–Kier alpha value is -1.44. The summed E-state index contributed by atoms with van der Waals surface area (Å²) in [7, 11) is 1.66. The van der Waals surface area contributed by atoms with Crippen LogP contribution in [0, 0.1) is 6.92 Å². The number of hydrogen-bond donors (Lipinski definition) is 1. The largest absolute Gasteiger partial charge is 0.508 e. The number of phenolic OH excluding ortho intramolecular Hbond substituents is 1. The zero-order chi connectivity index (χ0) is 13.7. The number of hydrogen-bond acceptors (Lipinski definition) is 2. The van der Waals surface area contributed by atoms with Gasteiger partial charge in [-0.05, 0) is 56.7 Å². The molecule has 0 saturated carbocycles. The van der Waals surface area contributed by atoms with Crippen molar-refractivity contribution >= 4 is 0 Å². The fourth-order valence-corrected chi connectivity index (χ4v) is 2.17. The molecule has 18 heavy (non-hydrogen) atoms. The Labute approximate surface area is 110 Å². The van der Waals surface area contributed by atoms with Gasteiger partial charge in [-0.3, -0.25) is 0 Å². The second-order valence-corrected chi connectivity index (χ2v) is 5.13. The number of benzene rings is 1. The van der Waals surface area contributed by atoms with Crippen molar-refractivity contribution in [2.45, 2.75) is 46.0 Å². The van der Waals surface area contributed by atoms with E-state index in [2.05, 4.69) is 20.4 Å². The van der Waals surface area contributed by atoms with Crippen LogP contribution < -0.4 is 4.74 Å². The third-order valence-corrected chi connectivity index (χ3v) is 3.32. The number of methoxy groups -OCH3 is 1. The molecule has 0 aliphatic carbocycles. The van der Waals surface area contributed by atoms with Crippen molar-refractivity contribution in [2.75, 3.05) is 7.11 Å². The number of ether oxygens (including phenoxy) is 1. The first-order valence-corrected chi connectivity index (χ1v) is 6.47. The maximum absolute atomic E-state index is 10.0. The summed E-state index contributed by atoms with van der Waals surface area (Å²) >= 11 is 0. The molecule has 0 aromatic heterocycles. The maximum Gasteiger partial charge on any atom is 0.122 e. The number of rotatable bonds is 6. The van der Waals surface area contributed by atoms with Gasteiger partial charge in [-0.25, -0.2) is 0 Å². The minimum atomic E-state index is 0.332. The van der Waals surface area contributed by atoms with Crippen molar-refractivity contribution in [1.29, 1.82) is 0 Å². The molecular weight excluding hydrogens is 224 g/mol. The van der Waals surface area contributed by atoms with E-state index in [0.717, 1.165) is 36.1 Å². The summed E-state index contributed by atoms with van der Waals surface area (Å²) in [4.78, 5) is 0. The number of allylic oxidation sites excluding steroid dienone is 1. The summed E-state index contributed by atoms with van der Waals surface area (Å²) in [6.07, 6.45) is 3.20. The molecular formula is C16H24O2. The third kappa shape index (κ3) is 3.80. The van der Waals surface area contributed by atoms with E-state index in [1.165, 1.54) is 5.57 Å². The van der Waals surface area contributed by atoms with Crippen LogP contribution in [-0.4, -0.2) is 12.2 Å². The molecule has 2 heteroatoms. The first-order chi connectivity index (χ1) is 8.45. The Morgan fingerprint density at radius 2 is 2.11 bits per heavy atom. The van der Waals surface area contributed by atoms with E-state index in [0.29, 0.717) is 11.7 Å². The van der Waals surface area contributed by atoms with Crippen LogP contribution in [0.1, 0.15) is 50.2 Å². The number of phenols is 1. The van der Waals surface area contributed by atoms with Crippen molar-refractivity contribution < 1.29 is 9.84 Å². The van der Waals surface area contributed by atoms with Crippen molar-refractivity contribution in [2.24, 2.45) is 0 Å². The highest BCUT2D eigenvalue weighted by molar-refractivity contribution is 5.46. The standard InChI is InChI=1S/C16H24O2/c1-11(2)7-6-8-12(3)14-10-16(18-5)13(4)9-15(14)17/h9-10,12,17H,1,6-8H2,2-5H3. The predicted molar refractivity (Wildman–Crippen MR) is 76.5 cm³/mol. The summed E-state index contributed by atoms with van der Waals surface area (Å²) in [5.74, 6) is 1.55. The molecule has 1 atom stereocenters. The molecule has 0 saturated heterocycles. The van der Waals surface area contributed by atoms with E-state index in [4.69, 9.17) is 4.74 Å². The first-order valence-electron chi connectivity index (χ1n) is 6.47. The summed E-state index contributed by atoms with van der Waals surface area (Å²) in [5, 5.41) is 10.0. The molecule has 0 fully saturated rings. The fourth-order valence-electron chi connectivity index (χ4n) is 2.17. The fraction of sp³-hybridized carbons (Fsp3) is 0.500. The van der Waals surface area contributed by atoms with Gasteiger partial charge in [0.05, 0.1) is 7.11 Å². The lowest BCUT2D eigenvalue weighted by Crippen LogP contribution is -1.97. The minimum absolute atomic E-state index is 0.332. The topological polar surface area (TPSA) is 29.5 Å². The van der Waals surface area contributed by atoms with Crippen LogP contribution in [0.25, 0.3) is 0 Å². The van der Waals surface area contributed by atoms with Gasteiger partial charge >= 0.3 is 0 Å². The molecule has 100 valence electrons. The Morgan fingerprint density at radius 3 is 2.67 bits per heavy atom. The van der Waals surface area contributed by atoms with E-state index in [9.17, 15) is 5.11 Å². The van der Waals surface area contributed by atoms with Crippen molar-refractivity contribution in [3.05, 3.63) is 35.4 Å². The first kappa shape index (κ1) is 14.6. The van der Waals surface area contributed by atoms with E-state index in [1.807, 2.05) is 13.0 Å². The van der Waals surface area contributed by atoms with Crippen LogP contribution in [-0.2, 0) is 0 Å². The van der Waals surface area contributed by atoms with Gasteiger partial charge in [0.1, 0.15) is 11.5 Å². The van der Waals surface area contributed by atoms with Crippen LogP contribution in [0.15, 0.2) is 24.3 Å².